The fourth-order valence-corrected chi connectivity index (χ4v) is 3.73. The molecule has 1 N–H and O–H groups in total. The topological polar surface area (TPSA) is 20.2 Å². The molecule has 0 aromatic heterocycles. The second-order valence-electron chi connectivity index (χ2n) is 7.44. The Morgan fingerprint density at radius 2 is 1.87 bits per heavy atom. The molecule has 1 nitrogen and oxygen atoms in total. The van der Waals surface area contributed by atoms with Gasteiger partial charge >= 0.3 is 0 Å². The highest BCUT2D eigenvalue weighted by Crippen LogP contribution is 2.49. The van der Waals surface area contributed by atoms with E-state index < -0.39 is 0 Å². The van der Waals surface area contributed by atoms with Crippen LogP contribution in [0, 0.1) is 17.3 Å². The Balaban J connectivity index is 2.15. The number of fused-ring (bicyclic) bond motifs is 2. The molecule has 118 valence electrons. The van der Waals surface area contributed by atoms with Gasteiger partial charge in [0.15, 0.2) is 0 Å². The zero-order valence-electron chi connectivity index (χ0n) is 14.1. The van der Waals surface area contributed by atoms with E-state index in [0.29, 0.717) is 11.7 Å². The third-order valence-electron chi connectivity index (χ3n) is 4.85. The Bertz CT molecular complexity index is 754. The van der Waals surface area contributed by atoms with Crippen molar-refractivity contribution in [1.29, 1.82) is 0 Å². The highest BCUT2D eigenvalue weighted by atomic mass is 16.3. The van der Waals surface area contributed by atoms with E-state index in [1.807, 2.05) is 12.2 Å². The second-order valence-corrected chi connectivity index (χ2v) is 7.44. The number of rotatable bonds is 1. The molecule has 1 heteroatoms. The van der Waals surface area contributed by atoms with Crippen LogP contribution in [-0.4, -0.2) is 5.11 Å². The van der Waals surface area contributed by atoms with E-state index in [-0.39, 0.29) is 11.3 Å². The predicted molar refractivity (Wildman–Crippen MR) is 98.0 cm³/mol. The molecule has 0 spiro atoms. The first-order valence-electron chi connectivity index (χ1n) is 8.08. The Labute approximate surface area is 139 Å². The van der Waals surface area contributed by atoms with Crippen molar-refractivity contribution >= 4 is 0 Å². The molecule has 0 bridgehead atoms. The second kappa shape index (κ2) is 5.42. The maximum absolute atomic E-state index is 10.3. The van der Waals surface area contributed by atoms with Crippen LogP contribution in [0.15, 0.2) is 95.4 Å². The molecule has 2 unspecified atom stereocenters. The summed E-state index contributed by atoms with van der Waals surface area (Å²) in [5.74, 6) is 0.655. The molecular weight excluding hydrogens is 280 g/mol. The fourth-order valence-electron chi connectivity index (χ4n) is 3.73. The average molecular weight is 304 g/mol. The van der Waals surface area contributed by atoms with Crippen molar-refractivity contribution in [2.75, 3.05) is 0 Å². The van der Waals surface area contributed by atoms with E-state index in [2.05, 4.69) is 58.2 Å². The van der Waals surface area contributed by atoms with Gasteiger partial charge in [-0.1, -0.05) is 76.5 Å². The number of aliphatic hydroxyl groups excluding tert-OH is 1. The third-order valence-corrected chi connectivity index (χ3v) is 4.85. The lowest BCUT2D eigenvalue weighted by molar-refractivity contribution is 0.329. The molecule has 0 radical (unpaired) electrons. The van der Waals surface area contributed by atoms with Crippen molar-refractivity contribution in [3.63, 3.8) is 0 Å². The summed E-state index contributed by atoms with van der Waals surface area (Å²) < 4.78 is 0. The van der Waals surface area contributed by atoms with Crippen molar-refractivity contribution < 1.29 is 5.11 Å². The summed E-state index contributed by atoms with van der Waals surface area (Å²) in [4.78, 5) is 0. The maximum Gasteiger partial charge on any atom is 0.119 e. The minimum Gasteiger partial charge on any atom is -0.508 e. The zero-order chi connectivity index (χ0) is 16.8. The van der Waals surface area contributed by atoms with E-state index in [1.54, 1.807) is 12.2 Å². The molecule has 0 aliphatic heterocycles. The molecule has 3 aliphatic carbocycles. The molecule has 0 heterocycles. The Hall–Kier alpha value is -2.28. The first-order chi connectivity index (χ1) is 10.8. The van der Waals surface area contributed by atoms with Gasteiger partial charge in [-0.25, -0.2) is 0 Å². The van der Waals surface area contributed by atoms with Crippen molar-refractivity contribution in [3.05, 3.63) is 95.4 Å². The minimum absolute atomic E-state index is 0.0419. The molecule has 0 amide bonds. The van der Waals surface area contributed by atoms with Crippen molar-refractivity contribution in [1.82, 2.24) is 0 Å². The lowest BCUT2D eigenvalue weighted by Gasteiger charge is -2.39. The van der Waals surface area contributed by atoms with Crippen LogP contribution >= 0.6 is 0 Å². The van der Waals surface area contributed by atoms with Gasteiger partial charge in [-0.05, 0) is 33.8 Å². The monoisotopic (exact) mass is 304 g/mol. The number of allylic oxidation sites excluding steroid dienone is 13. The standard InChI is InChI=1S/C22H24O/c1-6-7-17-19(23)13-11-16-9-8-15-10-12-18(22(3,4)5)14(2)20(15)21(16)17/h6-13,18,21,23H,1-2H2,3-5H3/b17-7-. The molecule has 0 saturated carbocycles. The third kappa shape index (κ3) is 2.50. The molecule has 0 aromatic carbocycles. The average Bonchev–Trinajstić information content (AvgIpc) is 2.48. The van der Waals surface area contributed by atoms with Gasteiger partial charge < -0.3 is 5.11 Å². The van der Waals surface area contributed by atoms with E-state index >= 15 is 0 Å². The van der Waals surface area contributed by atoms with Gasteiger partial charge in [0.2, 0.25) is 0 Å². The molecule has 0 fully saturated rings. The van der Waals surface area contributed by atoms with Crippen LogP contribution in [0.3, 0.4) is 0 Å². The van der Waals surface area contributed by atoms with Gasteiger partial charge in [0.25, 0.3) is 0 Å². The molecular formula is C22H24O. The van der Waals surface area contributed by atoms with Crippen LogP contribution in [0.1, 0.15) is 20.8 Å². The number of hydrogen-bond donors (Lipinski definition) is 1. The van der Waals surface area contributed by atoms with E-state index in [0.717, 1.165) is 11.1 Å². The normalized spacial score (nSPS) is 28.3. The van der Waals surface area contributed by atoms with Gasteiger partial charge in [-0.15, -0.1) is 0 Å². The summed E-state index contributed by atoms with van der Waals surface area (Å²) in [6, 6.07) is 0. The first-order valence-corrected chi connectivity index (χ1v) is 8.08. The highest BCUT2D eigenvalue weighted by Gasteiger charge is 2.37. The zero-order valence-corrected chi connectivity index (χ0v) is 14.1. The molecule has 3 aliphatic rings. The van der Waals surface area contributed by atoms with Crippen LogP contribution in [0.4, 0.5) is 0 Å². The molecule has 3 rings (SSSR count). The summed E-state index contributed by atoms with van der Waals surface area (Å²) in [7, 11) is 0. The fraction of sp³-hybridized carbons (Fsp3) is 0.273. The summed E-state index contributed by atoms with van der Waals surface area (Å²) in [5.41, 5.74) is 5.79. The van der Waals surface area contributed by atoms with E-state index in [1.165, 1.54) is 16.7 Å². The lowest BCUT2D eigenvalue weighted by Crippen LogP contribution is -2.28. The minimum atomic E-state index is 0.0419. The van der Waals surface area contributed by atoms with Gasteiger partial charge in [0.05, 0.1) is 0 Å². The summed E-state index contributed by atoms with van der Waals surface area (Å²) in [6.07, 6.45) is 16.2. The van der Waals surface area contributed by atoms with Gasteiger partial charge in [0, 0.05) is 17.4 Å². The van der Waals surface area contributed by atoms with Crippen molar-refractivity contribution in [2.24, 2.45) is 17.3 Å². The van der Waals surface area contributed by atoms with Crippen molar-refractivity contribution in [2.45, 2.75) is 20.8 Å². The van der Waals surface area contributed by atoms with E-state index in [9.17, 15) is 5.11 Å². The van der Waals surface area contributed by atoms with Gasteiger partial charge in [-0.2, -0.15) is 0 Å². The largest absolute Gasteiger partial charge is 0.508 e. The first kappa shape index (κ1) is 15.6. The van der Waals surface area contributed by atoms with Gasteiger partial charge in [0.1, 0.15) is 5.76 Å². The van der Waals surface area contributed by atoms with Crippen LogP contribution in [0.2, 0.25) is 0 Å². The van der Waals surface area contributed by atoms with Crippen LogP contribution < -0.4 is 0 Å². The Kier molecular flexibility index (Phi) is 3.68. The SMILES string of the molecule is C=C/C=C1/C(O)=CC=C2C=CC3=C(C(=C)C(C(C)(C)C)C=C3)C21. The Morgan fingerprint density at radius 1 is 1.13 bits per heavy atom. The van der Waals surface area contributed by atoms with Crippen LogP contribution in [-0.2, 0) is 0 Å². The quantitative estimate of drug-likeness (QED) is 0.653. The van der Waals surface area contributed by atoms with Gasteiger partial charge in [-0.3, -0.25) is 0 Å². The number of aliphatic hydroxyl groups is 1. The highest BCUT2D eigenvalue weighted by molar-refractivity contribution is 5.65. The molecule has 0 saturated heterocycles. The summed E-state index contributed by atoms with van der Waals surface area (Å²) >= 11 is 0. The summed E-state index contributed by atoms with van der Waals surface area (Å²) in [5, 5.41) is 10.3. The lowest BCUT2D eigenvalue weighted by atomic mass is 9.64. The predicted octanol–water partition coefficient (Wildman–Crippen LogP) is 5.75. The summed E-state index contributed by atoms with van der Waals surface area (Å²) in [6.45, 7) is 15.0. The van der Waals surface area contributed by atoms with Crippen molar-refractivity contribution in [3.8, 4) is 0 Å². The van der Waals surface area contributed by atoms with Crippen LogP contribution in [0.5, 0.6) is 0 Å². The van der Waals surface area contributed by atoms with E-state index in [4.69, 9.17) is 0 Å². The molecule has 0 aromatic rings. The smallest absolute Gasteiger partial charge is 0.119 e. The Morgan fingerprint density at radius 3 is 2.52 bits per heavy atom. The molecule has 2 atom stereocenters. The molecule has 23 heavy (non-hydrogen) atoms. The van der Waals surface area contributed by atoms with Crippen LogP contribution in [0.25, 0.3) is 0 Å². The number of hydrogen-bond acceptors (Lipinski definition) is 1. The maximum atomic E-state index is 10.3.